The summed E-state index contributed by atoms with van der Waals surface area (Å²) >= 11 is 0. The maximum atomic E-state index is 11.6. The van der Waals surface area contributed by atoms with Gasteiger partial charge in [-0.1, -0.05) is 6.07 Å². The maximum absolute atomic E-state index is 11.6. The molecule has 1 aromatic carbocycles. The van der Waals surface area contributed by atoms with Crippen LogP contribution in [-0.4, -0.2) is 25.8 Å². The van der Waals surface area contributed by atoms with Crippen molar-refractivity contribution in [3.05, 3.63) is 23.8 Å². The number of benzene rings is 1. The van der Waals surface area contributed by atoms with E-state index in [0.29, 0.717) is 17.1 Å². The predicted octanol–water partition coefficient (Wildman–Crippen LogP) is 2.66. The van der Waals surface area contributed by atoms with Crippen molar-refractivity contribution in [3.63, 3.8) is 0 Å². The van der Waals surface area contributed by atoms with Crippen LogP contribution >= 0.6 is 0 Å². The smallest absolute Gasteiger partial charge is 0.341 e. The van der Waals surface area contributed by atoms with Crippen molar-refractivity contribution in [1.29, 1.82) is 0 Å². The zero-order valence-corrected chi connectivity index (χ0v) is 10.9. The van der Waals surface area contributed by atoms with Gasteiger partial charge in [0.05, 0.1) is 14.2 Å². The van der Waals surface area contributed by atoms with Crippen molar-refractivity contribution < 1.29 is 19.0 Å². The molecule has 0 radical (unpaired) electrons. The Bertz CT molecular complexity index is 404. The van der Waals surface area contributed by atoms with Gasteiger partial charge in [0.25, 0.3) is 0 Å². The van der Waals surface area contributed by atoms with E-state index in [9.17, 15) is 4.79 Å². The molecule has 0 aliphatic rings. The summed E-state index contributed by atoms with van der Waals surface area (Å²) < 4.78 is 15.7. The number of carbonyl (C=O) groups excluding carboxylic acids is 1. The van der Waals surface area contributed by atoms with Crippen LogP contribution in [0.15, 0.2) is 18.2 Å². The minimum atomic E-state index is -0.442. The second-order valence-electron chi connectivity index (χ2n) is 4.54. The molecule has 94 valence electrons. The number of hydrogen-bond donors (Lipinski definition) is 0. The van der Waals surface area contributed by atoms with Crippen LogP contribution in [0.2, 0.25) is 0 Å². The lowest BCUT2D eigenvalue weighted by molar-refractivity contribution is 0.0584. The van der Waals surface area contributed by atoms with E-state index in [1.165, 1.54) is 14.2 Å². The van der Waals surface area contributed by atoms with Crippen LogP contribution in [0.1, 0.15) is 31.1 Å². The van der Waals surface area contributed by atoms with Gasteiger partial charge in [-0.25, -0.2) is 4.79 Å². The highest BCUT2D eigenvalue weighted by molar-refractivity contribution is 5.93. The van der Waals surface area contributed by atoms with Crippen LogP contribution in [0.3, 0.4) is 0 Å². The highest BCUT2D eigenvalue weighted by Gasteiger charge is 2.22. The minimum absolute atomic E-state index is 0.363. The molecule has 0 bridgehead atoms. The highest BCUT2D eigenvalue weighted by Crippen LogP contribution is 2.34. The Hall–Kier alpha value is -1.71. The van der Waals surface area contributed by atoms with Gasteiger partial charge in [-0.05, 0) is 32.9 Å². The maximum Gasteiger partial charge on any atom is 0.341 e. The number of hydrogen-bond acceptors (Lipinski definition) is 4. The first-order chi connectivity index (χ1) is 7.89. The quantitative estimate of drug-likeness (QED) is 0.759. The Morgan fingerprint density at radius 1 is 1.18 bits per heavy atom. The van der Waals surface area contributed by atoms with Gasteiger partial charge < -0.3 is 14.2 Å². The zero-order valence-electron chi connectivity index (χ0n) is 10.9. The van der Waals surface area contributed by atoms with Crippen molar-refractivity contribution in [2.75, 3.05) is 14.2 Å². The molecule has 4 heteroatoms. The summed E-state index contributed by atoms with van der Waals surface area (Å²) in [6.07, 6.45) is 0. The minimum Gasteiger partial charge on any atom is -0.493 e. The van der Waals surface area contributed by atoms with Gasteiger partial charge in [-0.15, -0.1) is 0 Å². The van der Waals surface area contributed by atoms with E-state index >= 15 is 0 Å². The van der Waals surface area contributed by atoms with E-state index in [4.69, 9.17) is 14.2 Å². The summed E-state index contributed by atoms with van der Waals surface area (Å²) in [7, 11) is 2.87. The SMILES string of the molecule is COC(=O)c1cccc(OC)c1OC(C)(C)C. The Labute approximate surface area is 101 Å². The molecule has 0 heterocycles. The average Bonchev–Trinajstić information content (AvgIpc) is 2.26. The predicted molar refractivity (Wildman–Crippen MR) is 64.7 cm³/mol. The Kier molecular flexibility index (Phi) is 3.99. The van der Waals surface area contributed by atoms with E-state index in [-0.39, 0.29) is 0 Å². The number of esters is 1. The average molecular weight is 238 g/mol. The summed E-state index contributed by atoms with van der Waals surface area (Å²) in [6.45, 7) is 5.71. The molecule has 0 spiro atoms. The van der Waals surface area contributed by atoms with E-state index < -0.39 is 11.6 Å². The van der Waals surface area contributed by atoms with E-state index in [1.54, 1.807) is 18.2 Å². The first kappa shape index (κ1) is 13.4. The topological polar surface area (TPSA) is 44.8 Å². The number of methoxy groups -OCH3 is 2. The van der Waals surface area contributed by atoms with Crippen molar-refractivity contribution in [2.45, 2.75) is 26.4 Å². The highest BCUT2D eigenvalue weighted by atomic mass is 16.5. The van der Waals surface area contributed by atoms with E-state index in [1.807, 2.05) is 20.8 Å². The molecule has 0 aliphatic heterocycles. The third-order valence-electron chi connectivity index (χ3n) is 2.01. The second kappa shape index (κ2) is 5.08. The molecule has 0 saturated heterocycles. The molecule has 0 aromatic heterocycles. The van der Waals surface area contributed by atoms with Crippen LogP contribution in [0.25, 0.3) is 0 Å². The summed E-state index contributed by atoms with van der Waals surface area (Å²) in [6, 6.07) is 5.11. The van der Waals surface area contributed by atoms with Crippen LogP contribution in [-0.2, 0) is 4.74 Å². The van der Waals surface area contributed by atoms with Gasteiger partial charge in [-0.3, -0.25) is 0 Å². The fourth-order valence-electron chi connectivity index (χ4n) is 1.36. The fourth-order valence-corrected chi connectivity index (χ4v) is 1.36. The molecule has 4 nitrogen and oxygen atoms in total. The fraction of sp³-hybridized carbons (Fsp3) is 0.462. The standard InChI is InChI=1S/C13H18O4/c1-13(2,3)17-11-9(12(14)16-5)7-6-8-10(11)15-4/h6-8H,1-5H3. The first-order valence-corrected chi connectivity index (χ1v) is 5.33. The van der Waals surface area contributed by atoms with Gasteiger partial charge in [-0.2, -0.15) is 0 Å². The number of para-hydroxylation sites is 1. The van der Waals surface area contributed by atoms with Crippen molar-refractivity contribution in [3.8, 4) is 11.5 Å². The molecular weight excluding hydrogens is 220 g/mol. The van der Waals surface area contributed by atoms with Crippen LogP contribution < -0.4 is 9.47 Å². The Balaban J connectivity index is 3.25. The van der Waals surface area contributed by atoms with Crippen molar-refractivity contribution >= 4 is 5.97 Å². The number of ether oxygens (including phenoxy) is 3. The lowest BCUT2D eigenvalue weighted by atomic mass is 10.1. The molecule has 0 fully saturated rings. The molecule has 0 atom stereocenters. The molecule has 1 aromatic rings. The van der Waals surface area contributed by atoms with Gasteiger partial charge >= 0.3 is 5.97 Å². The van der Waals surface area contributed by atoms with Gasteiger partial charge in [0.2, 0.25) is 0 Å². The molecule has 0 N–H and O–H groups in total. The summed E-state index contributed by atoms with van der Waals surface area (Å²) in [5, 5.41) is 0. The van der Waals surface area contributed by atoms with Crippen molar-refractivity contribution in [2.24, 2.45) is 0 Å². The largest absolute Gasteiger partial charge is 0.493 e. The molecule has 0 aliphatic carbocycles. The van der Waals surface area contributed by atoms with Gasteiger partial charge in [0.1, 0.15) is 11.2 Å². The second-order valence-corrected chi connectivity index (χ2v) is 4.54. The molecule has 0 amide bonds. The Morgan fingerprint density at radius 2 is 1.82 bits per heavy atom. The van der Waals surface area contributed by atoms with Gasteiger partial charge in [0, 0.05) is 0 Å². The summed E-state index contributed by atoms with van der Waals surface area (Å²) in [5.74, 6) is 0.486. The third-order valence-corrected chi connectivity index (χ3v) is 2.01. The summed E-state index contributed by atoms with van der Waals surface area (Å²) in [4.78, 5) is 11.6. The van der Waals surface area contributed by atoms with E-state index in [2.05, 4.69) is 0 Å². The lowest BCUT2D eigenvalue weighted by Crippen LogP contribution is -2.24. The third kappa shape index (κ3) is 3.37. The Morgan fingerprint density at radius 3 is 2.29 bits per heavy atom. The van der Waals surface area contributed by atoms with E-state index in [0.717, 1.165) is 0 Å². The first-order valence-electron chi connectivity index (χ1n) is 5.33. The number of rotatable bonds is 3. The van der Waals surface area contributed by atoms with Crippen LogP contribution in [0.4, 0.5) is 0 Å². The molecule has 17 heavy (non-hydrogen) atoms. The summed E-state index contributed by atoms with van der Waals surface area (Å²) in [5.41, 5.74) is -0.0565. The monoisotopic (exact) mass is 238 g/mol. The molecular formula is C13H18O4. The number of carbonyl (C=O) groups is 1. The lowest BCUT2D eigenvalue weighted by Gasteiger charge is -2.24. The molecule has 0 unspecified atom stereocenters. The van der Waals surface area contributed by atoms with Crippen LogP contribution in [0.5, 0.6) is 11.5 Å². The van der Waals surface area contributed by atoms with Crippen molar-refractivity contribution in [1.82, 2.24) is 0 Å². The molecule has 0 saturated carbocycles. The van der Waals surface area contributed by atoms with Gasteiger partial charge in [0.15, 0.2) is 11.5 Å². The van der Waals surface area contributed by atoms with Crippen LogP contribution in [0, 0.1) is 0 Å². The normalized spacial score (nSPS) is 10.9. The zero-order chi connectivity index (χ0) is 13.1. The molecule has 1 rings (SSSR count).